The smallest absolute Gasteiger partial charge is 0.245 e. The topological polar surface area (TPSA) is 67.6 Å². The van der Waals surface area contributed by atoms with Crippen LogP contribution in [0.15, 0.2) is 34.4 Å². The second-order valence-corrected chi connectivity index (χ2v) is 6.32. The quantitative estimate of drug-likeness (QED) is 0.807. The van der Waals surface area contributed by atoms with Gasteiger partial charge in [0.25, 0.3) is 0 Å². The van der Waals surface area contributed by atoms with Crippen LogP contribution in [0.25, 0.3) is 0 Å². The number of hydrogen-bond donors (Lipinski definition) is 0. The molecule has 0 saturated carbocycles. The summed E-state index contributed by atoms with van der Waals surface area (Å²) in [5.74, 6) is 0.564. The van der Waals surface area contributed by atoms with Crippen molar-refractivity contribution in [2.45, 2.75) is 32.7 Å². The zero-order valence-corrected chi connectivity index (χ0v) is 14.1. The lowest BCUT2D eigenvalue weighted by atomic mass is 10.2. The van der Waals surface area contributed by atoms with E-state index in [2.05, 4.69) is 10.1 Å². The molecule has 23 heavy (non-hydrogen) atoms. The minimum atomic E-state index is -0.246. The zero-order chi connectivity index (χ0) is 16.7. The molecule has 0 unspecified atom stereocenters. The predicted molar refractivity (Wildman–Crippen MR) is 90.0 cm³/mol. The Morgan fingerprint density at radius 3 is 2.26 bits per heavy atom. The summed E-state index contributed by atoms with van der Waals surface area (Å²) in [6.45, 7) is 6.65. The molecule has 0 aliphatic carbocycles. The van der Waals surface area contributed by atoms with E-state index in [1.807, 2.05) is 31.2 Å². The highest BCUT2D eigenvalue weighted by Gasteiger charge is 2.31. The second-order valence-electron chi connectivity index (χ2n) is 5.35. The molecular weight excluding hydrogens is 312 g/mol. The van der Waals surface area contributed by atoms with Gasteiger partial charge in [-0.2, -0.15) is 10.1 Å². The first-order valence-corrected chi connectivity index (χ1v) is 7.94. The van der Waals surface area contributed by atoms with Gasteiger partial charge < -0.3 is 0 Å². The van der Waals surface area contributed by atoms with E-state index in [0.29, 0.717) is 21.7 Å². The van der Waals surface area contributed by atoms with E-state index in [9.17, 15) is 9.59 Å². The summed E-state index contributed by atoms with van der Waals surface area (Å²) in [7, 11) is 0. The van der Waals surface area contributed by atoms with Crippen molar-refractivity contribution in [2.24, 2.45) is 5.10 Å². The molecule has 1 aliphatic rings. The number of anilines is 1. The molecular formula is C16H16N4O2S. The molecule has 0 bridgehead atoms. The molecule has 6 nitrogen and oxygen atoms in total. The number of imidazole rings is 1. The fourth-order valence-corrected chi connectivity index (χ4v) is 3.52. The fraction of sp³-hybridized carbons (Fsp3) is 0.250. The number of carbonyl (C=O) groups is 2. The van der Waals surface area contributed by atoms with Gasteiger partial charge in [-0.05, 0) is 25.6 Å². The number of benzene rings is 1. The summed E-state index contributed by atoms with van der Waals surface area (Å²) < 4.78 is 1.51. The van der Waals surface area contributed by atoms with Crippen LogP contribution in [0.5, 0.6) is 0 Å². The van der Waals surface area contributed by atoms with Crippen molar-refractivity contribution in [3.63, 3.8) is 0 Å². The number of amides is 1. The van der Waals surface area contributed by atoms with Crippen molar-refractivity contribution in [1.29, 1.82) is 0 Å². The highest BCUT2D eigenvalue weighted by molar-refractivity contribution is 8.14. The Morgan fingerprint density at radius 1 is 1.04 bits per heavy atom. The lowest BCUT2D eigenvalue weighted by Gasteiger charge is -2.21. The molecule has 0 atom stereocenters. The number of hydrazone groups is 1. The number of aromatic nitrogens is 2. The van der Waals surface area contributed by atoms with Crippen LogP contribution in [-0.4, -0.2) is 26.4 Å². The fourth-order valence-electron chi connectivity index (χ4n) is 2.38. The molecule has 0 radical (unpaired) electrons. The van der Waals surface area contributed by atoms with E-state index in [4.69, 9.17) is 0 Å². The van der Waals surface area contributed by atoms with Crippen LogP contribution in [0.4, 0.5) is 5.82 Å². The van der Waals surface area contributed by atoms with Gasteiger partial charge in [0, 0.05) is 19.4 Å². The number of aryl methyl sites for hydroxylation is 2. The van der Waals surface area contributed by atoms with E-state index in [1.165, 1.54) is 35.2 Å². The molecule has 0 spiro atoms. The van der Waals surface area contributed by atoms with E-state index in [0.717, 1.165) is 11.1 Å². The lowest BCUT2D eigenvalue weighted by Crippen LogP contribution is -2.28. The average Bonchev–Trinajstić information content (AvgIpc) is 2.82. The molecule has 0 saturated heterocycles. The predicted octanol–water partition coefficient (Wildman–Crippen LogP) is 2.98. The van der Waals surface area contributed by atoms with Crippen LogP contribution < -0.4 is 5.01 Å². The Labute approximate surface area is 138 Å². The SMILES string of the molecule is CC(=O)N1N=C(c2ccc(C)cc2)Sc2c1nc(C)n2C(C)=O. The third kappa shape index (κ3) is 2.68. The molecule has 3 rings (SSSR count). The van der Waals surface area contributed by atoms with Gasteiger partial charge in [-0.15, -0.1) is 0 Å². The number of nitrogens with zero attached hydrogens (tertiary/aromatic N) is 4. The minimum Gasteiger partial charge on any atom is -0.274 e. The number of carbonyl (C=O) groups excluding carboxylic acids is 2. The lowest BCUT2D eigenvalue weighted by molar-refractivity contribution is -0.116. The van der Waals surface area contributed by atoms with Gasteiger partial charge in [-0.3, -0.25) is 14.2 Å². The van der Waals surface area contributed by atoms with E-state index >= 15 is 0 Å². The van der Waals surface area contributed by atoms with Crippen molar-refractivity contribution in [2.75, 3.05) is 5.01 Å². The summed E-state index contributed by atoms with van der Waals surface area (Å²) in [4.78, 5) is 28.2. The van der Waals surface area contributed by atoms with E-state index < -0.39 is 0 Å². The Hall–Kier alpha value is -2.41. The molecule has 7 heteroatoms. The van der Waals surface area contributed by atoms with Crippen LogP contribution >= 0.6 is 11.8 Å². The first-order chi connectivity index (χ1) is 10.9. The molecule has 2 aromatic rings. The van der Waals surface area contributed by atoms with Crippen molar-refractivity contribution in [1.82, 2.24) is 9.55 Å². The zero-order valence-electron chi connectivity index (χ0n) is 13.3. The number of thioether (sulfide) groups is 1. The van der Waals surface area contributed by atoms with Gasteiger partial charge in [0.15, 0.2) is 5.82 Å². The van der Waals surface area contributed by atoms with Gasteiger partial charge in [0.1, 0.15) is 15.9 Å². The van der Waals surface area contributed by atoms with Gasteiger partial charge in [-0.25, -0.2) is 4.98 Å². The molecule has 0 N–H and O–H groups in total. The first kappa shape index (κ1) is 15.5. The molecule has 2 heterocycles. The monoisotopic (exact) mass is 328 g/mol. The summed E-state index contributed by atoms with van der Waals surface area (Å²) in [5.41, 5.74) is 2.04. The second kappa shape index (κ2) is 5.66. The van der Waals surface area contributed by atoms with Crippen LogP contribution in [-0.2, 0) is 4.79 Å². The Kier molecular flexibility index (Phi) is 3.81. The largest absolute Gasteiger partial charge is 0.274 e. The Bertz CT molecular complexity index is 837. The maximum Gasteiger partial charge on any atom is 0.245 e. The maximum atomic E-state index is 12.0. The van der Waals surface area contributed by atoms with Crippen molar-refractivity contribution in [3.05, 3.63) is 41.2 Å². The summed E-state index contributed by atoms with van der Waals surface area (Å²) in [5, 5.41) is 6.95. The van der Waals surface area contributed by atoms with Crippen LogP contribution in [0, 0.1) is 13.8 Å². The third-order valence-corrected chi connectivity index (χ3v) is 4.55. The molecule has 1 aliphatic heterocycles. The first-order valence-electron chi connectivity index (χ1n) is 7.13. The highest BCUT2D eigenvalue weighted by Crippen LogP contribution is 2.38. The van der Waals surface area contributed by atoms with Gasteiger partial charge in [0.05, 0.1) is 0 Å². The molecule has 1 aromatic heterocycles. The Morgan fingerprint density at radius 2 is 1.70 bits per heavy atom. The number of rotatable bonds is 1. The van der Waals surface area contributed by atoms with Gasteiger partial charge >= 0.3 is 0 Å². The van der Waals surface area contributed by atoms with Crippen LogP contribution in [0.3, 0.4) is 0 Å². The van der Waals surface area contributed by atoms with Gasteiger partial charge in [0.2, 0.25) is 11.8 Å². The van der Waals surface area contributed by atoms with Crippen molar-refractivity contribution >= 4 is 34.4 Å². The van der Waals surface area contributed by atoms with Crippen LogP contribution in [0.1, 0.15) is 35.6 Å². The average molecular weight is 328 g/mol. The van der Waals surface area contributed by atoms with Gasteiger partial charge in [-0.1, -0.05) is 29.8 Å². The van der Waals surface area contributed by atoms with Crippen molar-refractivity contribution < 1.29 is 9.59 Å². The summed E-state index contributed by atoms with van der Waals surface area (Å²) in [6, 6.07) is 7.87. The third-order valence-electron chi connectivity index (χ3n) is 3.48. The molecule has 0 fully saturated rings. The standard InChI is InChI=1S/C16H16N4O2S/c1-9-5-7-13(8-6-9)15-18-20(12(4)22)14-16(23-15)19(11(3)21)10(2)17-14/h5-8H,1-4H3. The number of hydrogen-bond acceptors (Lipinski definition) is 5. The van der Waals surface area contributed by atoms with E-state index in [-0.39, 0.29) is 11.8 Å². The molecule has 118 valence electrons. The summed E-state index contributed by atoms with van der Waals surface area (Å²) in [6.07, 6.45) is 0. The normalized spacial score (nSPS) is 13.6. The maximum absolute atomic E-state index is 12.0. The Balaban J connectivity index is 2.14. The van der Waals surface area contributed by atoms with Crippen LogP contribution in [0.2, 0.25) is 0 Å². The highest BCUT2D eigenvalue weighted by atomic mass is 32.2. The van der Waals surface area contributed by atoms with E-state index in [1.54, 1.807) is 6.92 Å². The number of fused-ring (bicyclic) bond motifs is 1. The molecule has 1 amide bonds. The molecule has 1 aromatic carbocycles. The summed E-state index contributed by atoms with van der Waals surface area (Å²) >= 11 is 1.35. The minimum absolute atomic E-state index is 0.141. The van der Waals surface area contributed by atoms with Crippen molar-refractivity contribution in [3.8, 4) is 0 Å².